The lowest BCUT2D eigenvalue weighted by Crippen LogP contribution is -2.31. The Morgan fingerprint density at radius 3 is 2.94 bits per heavy atom. The smallest absolute Gasteiger partial charge is 0.0522 e. The van der Waals surface area contributed by atoms with Gasteiger partial charge >= 0.3 is 0 Å². The molecule has 1 aromatic heterocycles. The van der Waals surface area contributed by atoms with Gasteiger partial charge in [-0.1, -0.05) is 19.3 Å². The van der Waals surface area contributed by atoms with Gasteiger partial charge in [-0.15, -0.1) is 0 Å². The van der Waals surface area contributed by atoms with Gasteiger partial charge in [0.15, 0.2) is 0 Å². The van der Waals surface area contributed by atoms with E-state index in [4.69, 9.17) is 0 Å². The average Bonchev–Trinajstić information content (AvgIpc) is 2.58. The average molecular weight is 221 g/mol. The fourth-order valence-corrected chi connectivity index (χ4v) is 2.38. The number of aryl methyl sites for hydroxylation is 1. The maximum absolute atomic E-state index is 4.17. The first-order valence-corrected chi connectivity index (χ1v) is 6.45. The van der Waals surface area contributed by atoms with Crippen molar-refractivity contribution < 1.29 is 0 Å². The third-order valence-electron chi connectivity index (χ3n) is 3.58. The molecule has 3 nitrogen and oxygen atoms in total. The van der Waals surface area contributed by atoms with Crippen LogP contribution in [0.25, 0.3) is 0 Å². The van der Waals surface area contributed by atoms with Crippen LogP contribution < -0.4 is 5.32 Å². The summed E-state index contributed by atoms with van der Waals surface area (Å²) in [7, 11) is 1.97. The first-order valence-electron chi connectivity index (χ1n) is 6.45. The summed E-state index contributed by atoms with van der Waals surface area (Å²) in [6.07, 6.45) is 10.8. The molecule has 0 saturated heterocycles. The maximum Gasteiger partial charge on any atom is 0.0522 e. The molecule has 1 aliphatic rings. The van der Waals surface area contributed by atoms with Crippen LogP contribution in [0.5, 0.6) is 0 Å². The van der Waals surface area contributed by atoms with E-state index in [1.165, 1.54) is 31.2 Å². The zero-order valence-corrected chi connectivity index (χ0v) is 10.4. The van der Waals surface area contributed by atoms with E-state index >= 15 is 0 Å². The van der Waals surface area contributed by atoms with E-state index in [0.717, 1.165) is 18.9 Å². The molecule has 1 fully saturated rings. The summed E-state index contributed by atoms with van der Waals surface area (Å²) in [6, 6.07) is 0.668. The van der Waals surface area contributed by atoms with Crippen molar-refractivity contribution in [1.29, 1.82) is 0 Å². The molecule has 1 atom stereocenters. The predicted octanol–water partition coefficient (Wildman–Crippen LogP) is 2.13. The van der Waals surface area contributed by atoms with Crippen molar-refractivity contribution in [2.75, 3.05) is 6.54 Å². The van der Waals surface area contributed by atoms with Crippen LogP contribution in [0.4, 0.5) is 0 Å². The maximum atomic E-state index is 4.17. The van der Waals surface area contributed by atoms with Crippen molar-refractivity contribution in [3.05, 3.63) is 18.0 Å². The molecule has 0 aliphatic heterocycles. The Bertz CT molecular complexity index is 315. The first-order chi connectivity index (χ1) is 7.74. The predicted molar refractivity (Wildman–Crippen MR) is 66.3 cm³/mol. The van der Waals surface area contributed by atoms with Crippen LogP contribution in [0.1, 0.15) is 38.2 Å². The highest BCUT2D eigenvalue weighted by atomic mass is 15.2. The van der Waals surface area contributed by atoms with E-state index in [1.54, 1.807) is 0 Å². The van der Waals surface area contributed by atoms with Gasteiger partial charge in [0.2, 0.25) is 0 Å². The van der Waals surface area contributed by atoms with E-state index in [9.17, 15) is 0 Å². The van der Waals surface area contributed by atoms with Crippen LogP contribution in [0.2, 0.25) is 0 Å². The lowest BCUT2D eigenvalue weighted by atomic mass is 9.81. The summed E-state index contributed by atoms with van der Waals surface area (Å²) in [5.74, 6) is 1.00. The van der Waals surface area contributed by atoms with Gasteiger partial charge in [0.05, 0.1) is 6.20 Å². The van der Waals surface area contributed by atoms with E-state index in [1.807, 2.05) is 17.9 Å². The molecule has 16 heavy (non-hydrogen) atoms. The third kappa shape index (κ3) is 3.34. The van der Waals surface area contributed by atoms with Crippen molar-refractivity contribution in [3.8, 4) is 0 Å². The molecule has 0 aromatic carbocycles. The Kier molecular flexibility index (Phi) is 3.99. The minimum atomic E-state index is 0.668. The number of rotatable bonds is 6. The number of nitrogens with one attached hydrogen (secondary N) is 1. The zero-order chi connectivity index (χ0) is 11.4. The molecule has 1 aliphatic carbocycles. The van der Waals surface area contributed by atoms with Gasteiger partial charge in [-0.2, -0.15) is 5.10 Å². The van der Waals surface area contributed by atoms with Crippen LogP contribution in [0.15, 0.2) is 12.4 Å². The minimum Gasteiger partial charge on any atom is -0.314 e. The lowest BCUT2D eigenvalue weighted by Gasteiger charge is -2.28. The summed E-state index contributed by atoms with van der Waals surface area (Å²) in [5.41, 5.74) is 1.32. The molecule has 1 heterocycles. The highest BCUT2D eigenvalue weighted by molar-refractivity contribution is 5.03. The van der Waals surface area contributed by atoms with Gasteiger partial charge in [-0.3, -0.25) is 4.68 Å². The summed E-state index contributed by atoms with van der Waals surface area (Å²) >= 11 is 0. The molecule has 1 aromatic rings. The van der Waals surface area contributed by atoms with Crippen LogP contribution >= 0.6 is 0 Å². The number of hydrogen-bond donors (Lipinski definition) is 1. The molecule has 1 saturated carbocycles. The molecule has 0 amide bonds. The summed E-state index contributed by atoms with van der Waals surface area (Å²) in [5, 5.41) is 7.78. The Hall–Kier alpha value is -0.830. The molecule has 0 radical (unpaired) electrons. The Morgan fingerprint density at radius 1 is 1.56 bits per heavy atom. The molecule has 1 N–H and O–H groups in total. The standard InChI is InChI=1S/C13H23N3/c1-11(8-12-4-3-5-12)14-7-6-13-9-15-16(2)10-13/h9-12,14H,3-8H2,1-2H3. The van der Waals surface area contributed by atoms with Gasteiger partial charge in [-0.25, -0.2) is 0 Å². The number of hydrogen-bond acceptors (Lipinski definition) is 2. The van der Waals surface area contributed by atoms with Gasteiger partial charge in [-0.05, 0) is 37.8 Å². The highest BCUT2D eigenvalue weighted by Crippen LogP contribution is 2.30. The van der Waals surface area contributed by atoms with E-state index in [-0.39, 0.29) is 0 Å². The minimum absolute atomic E-state index is 0.668. The molecular formula is C13H23N3. The summed E-state index contributed by atoms with van der Waals surface area (Å²) < 4.78 is 1.87. The molecule has 1 unspecified atom stereocenters. The van der Waals surface area contributed by atoms with Crippen molar-refractivity contribution >= 4 is 0 Å². The van der Waals surface area contributed by atoms with E-state index < -0.39 is 0 Å². The summed E-state index contributed by atoms with van der Waals surface area (Å²) in [6.45, 7) is 3.38. The molecule has 90 valence electrons. The van der Waals surface area contributed by atoms with Crippen molar-refractivity contribution in [1.82, 2.24) is 15.1 Å². The van der Waals surface area contributed by atoms with Gasteiger partial charge < -0.3 is 5.32 Å². The van der Waals surface area contributed by atoms with Crippen molar-refractivity contribution in [3.63, 3.8) is 0 Å². The quantitative estimate of drug-likeness (QED) is 0.797. The Morgan fingerprint density at radius 2 is 2.38 bits per heavy atom. The number of nitrogens with zero attached hydrogens (tertiary/aromatic N) is 2. The van der Waals surface area contributed by atoms with Gasteiger partial charge in [0.1, 0.15) is 0 Å². The Balaban J connectivity index is 1.59. The first kappa shape index (κ1) is 11.6. The molecule has 0 bridgehead atoms. The van der Waals surface area contributed by atoms with Crippen molar-refractivity contribution in [2.45, 2.75) is 45.1 Å². The fourth-order valence-electron chi connectivity index (χ4n) is 2.38. The fraction of sp³-hybridized carbons (Fsp3) is 0.769. The van der Waals surface area contributed by atoms with E-state index in [2.05, 4.69) is 23.5 Å². The molecular weight excluding hydrogens is 198 g/mol. The number of aromatic nitrogens is 2. The van der Waals surface area contributed by atoms with Crippen LogP contribution in [-0.2, 0) is 13.5 Å². The summed E-state index contributed by atoms with van der Waals surface area (Å²) in [4.78, 5) is 0. The SMILES string of the molecule is CC(CC1CCC1)NCCc1cnn(C)c1. The van der Waals surface area contributed by atoms with Crippen LogP contribution in [-0.4, -0.2) is 22.4 Å². The topological polar surface area (TPSA) is 29.9 Å². The van der Waals surface area contributed by atoms with Crippen LogP contribution in [0, 0.1) is 5.92 Å². The van der Waals surface area contributed by atoms with Crippen molar-refractivity contribution in [2.24, 2.45) is 13.0 Å². The second-order valence-corrected chi connectivity index (χ2v) is 5.16. The second-order valence-electron chi connectivity index (χ2n) is 5.16. The second kappa shape index (κ2) is 5.48. The molecule has 0 spiro atoms. The normalized spacial score (nSPS) is 18.4. The van der Waals surface area contributed by atoms with Gasteiger partial charge in [0, 0.05) is 19.3 Å². The lowest BCUT2D eigenvalue weighted by molar-refractivity contribution is 0.266. The monoisotopic (exact) mass is 221 g/mol. The van der Waals surface area contributed by atoms with Crippen LogP contribution in [0.3, 0.4) is 0 Å². The zero-order valence-electron chi connectivity index (χ0n) is 10.4. The van der Waals surface area contributed by atoms with Gasteiger partial charge in [0.25, 0.3) is 0 Å². The largest absolute Gasteiger partial charge is 0.314 e. The van der Waals surface area contributed by atoms with E-state index in [0.29, 0.717) is 6.04 Å². The third-order valence-corrected chi connectivity index (χ3v) is 3.58. The highest BCUT2D eigenvalue weighted by Gasteiger charge is 2.19. The molecule has 3 heteroatoms. The Labute approximate surface area is 98.2 Å². The molecule has 2 rings (SSSR count).